The van der Waals surface area contributed by atoms with Crippen molar-refractivity contribution in [2.45, 2.75) is 18.8 Å². The normalized spacial score (nSPS) is 30.9. The van der Waals surface area contributed by atoms with Crippen LogP contribution in [0, 0.1) is 0 Å². The first-order chi connectivity index (χ1) is 6.34. The molecule has 1 heterocycles. The summed E-state index contributed by atoms with van der Waals surface area (Å²) in [7, 11) is 0. The zero-order chi connectivity index (χ0) is 9.10. The van der Waals surface area contributed by atoms with Gasteiger partial charge in [-0.25, -0.2) is 0 Å². The summed E-state index contributed by atoms with van der Waals surface area (Å²) >= 11 is 0. The highest BCUT2D eigenvalue weighted by Crippen LogP contribution is 2.15. The van der Waals surface area contributed by atoms with Gasteiger partial charge in [0.1, 0.15) is 0 Å². The van der Waals surface area contributed by atoms with Crippen molar-refractivity contribution >= 4 is 5.78 Å². The molecule has 0 aromatic heterocycles. The molecule has 0 radical (unpaired) electrons. The van der Waals surface area contributed by atoms with Gasteiger partial charge in [-0.15, -0.1) is 0 Å². The lowest BCUT2D eigenvalue weighted by molar-refractivity contribution is -0.121. The Morgan fingerprint density at radius 2 is 2.31 bits per heavy atom. The first-order valence-corrected chi connectivity index (χ1v) is 4.20. The van der Waals surface area contributed by atoms with Crippen LogP contribution in [0.25, 0.3) is 0 Å². The van der Waals surface area contributed by atoms with Gasteiger partial charge in [-0.1, -0.05) is 12.2 Å². The van der Waals surface area contributed by atoms with Crippen molar-refractivity contribution in [1.82, 2.24) is 0 Å². The van der Waals surface area contributed by atoms with Crippen LogP contribution < -0.4 is 0 Å². The third-order valence-corrected chi connectivity index (χ3v) is 1.88. The van der Waals surface area contributed by atoms with E-state index < -0.39 is 0 Å². The van der Waals surface area contributed by atoms with E-state index in [1.807, 2.05) is 6.08 Å². The van der Waals surface area contributed by atoms with E-state index in [-0.39, 0.29) is 18.2 Å². The maximum absolute atomic E-state index is 10.9. The number of hydrogen-bond donors (Lipinski definition) is 0. The first kappa shape index (κ1) is 8.26. The molecule has 0 fully saturated rings. The minimum Gasteiger partial charge on any atom is -0.469 e. The number of allylic oxidation sites excluding steroid dienone is 3. The average molecular weight is 178 g/mol. The Labute approximate surface area is 76.3 Å². The molecular formula is C10H10O3. The Balaban J connectivity index is 1.85. The van der Waals surface area contributed by atoms with E-state index in [4.69, 9.17) is 9.47 Å². The molecule has 2 atom stereocenters. The maximum Gasteiger partial charge on any atom is 0.219 e. The molecular weight excluding hydrogens is 168 g/mol. The van der Waals surface area contributed by atoms with E-state index in [9.17, 15) is 4.79 Å². The van der Waals surface area contributed by atoms with Crippen molar-refractivity contribution in [2.24, 2.45) is 0 Å². The van der Waals surface area contributed by atoms with Crippen LogP contribution in [0.4, 0.5) is 0 Å². The Morgan fingerprint density at radius 1 is 1.38 bits per heavy atom. The molecule has 0 N–H and O–H groups in total. The van der Waals surface area contributed by atoms with Gasteiger partial charge in [0.2, 0.25) is 6.29 Å². The van der Waals surface area contributed by atoms with Gasteiger partial charge in [0.25, 0.3) is 0 Å². The molecule has 2 aliphatic rings. The van der Waals surface area contributed by atoms with Crippen molar-refractivity contribution in [2.75, 3.05) is 0 Å². The third kappa shape index (κ3) is 2.06. The summed E-state index contributed by atoms with van der Waals surface area (Å²) < 4.78 is 10.6. The molecule has 3 heteroatoms. The highest BCUT2D eigenvalue weighted by Gasteiger charge is 2.20. The second kappa shape index (κ2) is 3.58. The standard InChI is InChI=1S/C10H10O3/c11-8-4-5-9(7-8)13-10-3-1-2-6-12-10/h1-6,9-10H,7H2/t9?,10-/m0/s1. The molecule has 0 bridgehead atoms. The number of hydrogen-bond acceptors (Lipinski definition) is 3. The fourth-order valence-electron chi connectivity index (χ4n) is 1.26. The molecule has 0 saturated heterocycles. The molecule has 13 heavy (non-hydrogen) atoms. The zero-order valence-corrected chi connectivity index (χ0v) is 7.05. The Kier molecular flexibility index (Phi) is 2.27. The Hall–Kier alpha value is -1.35. The van der Waals surface area contributed by atoms with Crippen LogP contribution in [-0.2, 0) is 14.3 Å². The molecule has 0 aromatic carbocycles. The minimum atomic E-state index is -0.356. The lowest BCUT2D eigenvalue weighted by Gasteiger charge is -2.18. The second-order valence-corrected chi connectivity index (χ2v) is 2.92. The van der Waals surface area contributed by atoms with Crippen molar-refractivity contribution < 1.29 is 14.3 Å². The monoisotopic (exact) mass is 178 g/mol. The molecule has 0 spiro atoms. The fraction of sp³-hybridized carbons (Fsp3) is 0.300. The summed E-state index contributed by atoms with van der Waals surface area (Å²) in [5.74, 6) is 0.111. The number of carbonyl (C=O) groups excluding carboxylic acids is 1. The van der Waals surface area contributed by atoms with Gasteiger partial charge in [0.15, 0.2) is 5.78 Å². The molecule has 0 amide bonds. The summed E-state index contributed by atoms with van der Waals surface area (Å²) in [4.78, 5) is 10.9. The van der Waals surface area contributed by atoms with E-state index >= 15 is 0 Å². The number of carbonyl (C=O) groups is 1. The number of rotatable bonds is 2. The summed E-state index contributed by atoms with van der Waals surface area (Å²) in [6.45, 7) is 0. The van der Waals surface area contributed by atoms with E-state index in [0.29, 0.717) is 6.42 Å². The third-order valence-electron chi connectivity index (χ3n) is 1.88. The maximum atomic E-state index is 10.9. The van der Waals surface area contributed by atoms with Crippen molar-refractivity contribution in [1.29, 1.82) is 0 Å². The predicted octanol–water partition coefficient (Wildman–Crippen LogP) is 1.33. The van der Waals surface area contributed by atoms with Crippen LogP contribution in [0.1, 0.15) is 6.42 Å². The van der Waals surface area contributed by atoms with Gasteiger partial charge in [0.05, 0.1) is 12.4 Å². The number of ether oxygens (including phenoxy) is 2. The van der Waals surface area contributed by atoms with Gasteiger partial charge in [-0.3, -0.25) is 4.79 Å². The Morgan fingerprint density at radius 3 is 2.92 bits per heavy atom. The zero-order valence-electron chi connectivity index (χ0n) is 7.05. The highest BCUT2D eigenvalue weighted by molar-refractivity contribution is 5.92. The molecule has 0 aromatic rings. The van der Waals surface area contributed by atoms with Gasteiger partial charge in [-0.2, -0.15) is 0 Å². The summed E-state index contributed by atoms with van der Waals surface area (Å²) in [5, 5.41) is 0. The van der Waals surface area contributed by atoms with Gasteiger partial charge < -0.3 is 9.47 Å². The van der Waals surface area contributed by atoms with Crippen LogP contribution in [0.15, 0.2) is 36.6 Å². The van der Waals surface area contributed by atoms with Crippen molar-refractivity contribution in [3.8, 4) is 0 Å². The van der Waals surface area contributed by atoms with Crippen LogP contribution in [0.3, 0.4) is 0 Å². The van der Waals surface area contributed by atoms with Gasteiger partial charge in [0, 0.05) is 6.42 Å². The van der Waals surface area contributed by atoms with E-state index in [0.717, 1.165) is 0 Å². The molecule has 1 aliphatic heterocycles. The fourth-order valence-corrected chi connectivity index (χ4v) is 1.26. The predicted molar refractivity (Wildman–Crippen MR) is 46.8 cm³/mol. The highest BCUT2D eigenvalue weighted by atomic mass is 16.7. The van der Waals surface area contributed by atoms with Crippen LogP contribution in [-0.4, -0.2) is 18.2 Å². The quantitative estimate of drug-likeness (QED) is 0.639. The molecule has 1 aliphatic carbocycles. The topological polar surface area (TPSA) is 35.5 Å². The summed E-state index contributed by atoms with van der Waals surface area (Å²) in [5.41, 5.74) is 0. The van der Waals surface area contributed by atoms with Crippen molar-refractivity contribution in [3.63, 3.8) is 0 Å². The van der Waals surface area contributed by atoms with E-state index in [1.165, 1.54) is 0 Å². The van der Waals surface area contributed by atoms with E-state index in [2.05, 4.69) is 0 Å². The van der Waals surface area contributed by atoms with Crippen LogP contribution >= 0.6 is 0 Å². The molecule has 0 saturated carbocycles. The Bertz CT molecular complexity index is 287. The van der Waals surface area contributed by atoms with Gasteiger partial charge in [-0.05, 0) is 18.2 Å². The first-order valence-electron chi connectivity index (χ1n) is 4.20. The molecule has 3 nitrogen and oxygen atoms in total. The molecule has 2 rings (SSSR count). The number of ketones is 1. The van der Waals surface area contributed by atoms with Crippen LogP contribution in [0.5, 0.6) is 0 Å². The van der Waals surface area contributed by atoms with Gasteiger partial charge >= 0.3 is 0 Å². The SMILES string of the molecule is O=C1C=CC(O[C@H]2C=CC=CO2)C1. The summed E-state index contributed by atoms with van der Waals surface area (Å²) in [6.07, 6.45) is 10.3. The van der Waals surface area contributed by atoms with Crippen molar-refractivity contribution in [3.05, 3.63) is 36.6 Å². The largest absolute Gasteiger partial charge is 0.469 e. The lowest BCUT2D eigenvalue weighted by atomic mass is 10.3. The second-order valence-electron chi connectivity index (χ2n) is 2.92. The van der Waals surface area contributed by atoms with E-state index in [1.54, 1.807) is 30.6 Å². The average Bonchev–Trinajstić information content (AvgIpc) is 2.53. The minimum absolute atomic E-state index is 0.111. The lowest BCUT2D eigenvalue weighted by Crippen LogP contribution is -2.20. The summed E-state index contributed by atoms with van der Waals surface area (Å²) in [6, 6.07) is 0. The van der Waals surface area contributed by atoms with Crippen LogP contribution in [0.2, 0.25) is 0 Å². The molecule has 68 valence electrons. The smallest absolute Gasteiger partial charge is 0.219 e. The molecule has 1 unspecified atom stereocenters.